The minimum absolute atomic E-state index is 0.168. The first-order valence-corrected chi connectivity index (χ1v) is 9.70. The van der Waals surface area contributed by atoms with Crippen LogP contribution in [0.3, 0.4) is 0 Å². The lowest BCUT2D eigenvalue weighted by Crippen LogP contribution is -2.30. The molecule has 8 heteroatoms. The predicted octanol–water partition coefficient (Wildman–Crippen LogP) is 3.39. The van der Waals surface area contributed by atoms with Gasteiger partial charge in [-0.15, -0.1) is 10.2 Å². The van der Waals surface area contributed by atoms with Gasteiger partial charge >= 0.3 is 5.97 Å². The van der Waals surface area contributed by atoms with E-state index in [2.05, 4.69) is 22.4 Å². The molecule has 1 N–H and O–H groups in total. The number of benzene rings is 2. The van der Waals surface area contributed by atoms with Crippen LogP contribution in [0.4, 0.5) is 0 Å². The van der Waals surface area contributed by atoms with Crippen LogP contribution in [0.25, 0.3) is 11.5 Å². The number of amides is 1. The largest absolute Gasteiger partial charge is 0.494 e. The van der Waals surface area contributed by atoms with Gasteiger partial charge in [-0.2, -0.15) is 0 Å². The molecule has 8 nitrogen and oxygen atoms in total. The monoisotopic (exact) mass is 409 g/mol. The van der Waals surface area contributed by atoms with Crippen LogP contribution >= 0.6 is 0 Å². The smallest absolute Gasteiger partial charge is 0.325 e. The number of carbonyl (C=O) groups is 2. The van der Waals surface area contributed by atoms with Crippen LogP contribution in [0.1, 0.15) is 36.0 Å². The third-order valence-electron chi connectivity index (χ3n) is 4.12. The number of esters is 1. The highest BCUT2D eigenvalue weighted by atomic mass is 16.5. The van der Waals surface area contributed by atoms with E-state index in [1.807, 2.05) is 30.3 Å². The Kier molecular flexibility index (Phi) is 7.54. The second-order valence-corrected chi connectivity index (χ2v) is 6.44. The van der Waals surface area contributed by atoms with Gasteiger partial charge in [-0.25, -0.2) is 0 Å². The molecule has 0 aliphatic carbocycles. The molecule has 1 heterocycles. The summed E-state index contributed by atoms with van der Waals surface area (Å²) in [6.45, 7) is 2.29. The molecule has 156 valence electrons. The van der Waals surface area contributed by atoms with Crippen molar-refractivity contribution in [2.45, 2.75) is 26.4 Å². The molecule has 2 aromatic carbocycles. The van der Waals surface area contributed by atoms with Crippen LogP contribution in [0, 0.1) is 0 Å². The second kappa shape index (κ2) is 10.8. The number of hydrogen-bond acceptors (Lipinski definition) is 7. The molecule has 3 rings (SSSR count). The van der Waals surface area contributed by atoms with Crippen molar-refractivity contribution >= 4 is 11.9 Å². The van der Waals surface area contributed by atoms with Gasteiger partial charge in [-0.1, -0.05) is 31.5 Å². The molecule has 3 aromatic rings. The lowest BCUT2D eigenvalue weighted by molar-refractivity contribution is -0.144. The molecule has 0 aliphatic heterocycles. The van der Waals surface area contributed by atoms with Crippen LogP contribution in [0.2, 0.25) is 0 Å². The molecular formula is C22H23N3O5. The Morgan fingerprint density at radius 1 is 1.03 bits per heavy atom. The maximum atomic E-state index is 12.2. The predicted molar refractivity (Wildman–Crippen MR) is 109 cm³/mol. The van der Waals surface area contributed by atoms with Gasteiger partial charge in [0.05, 0.1) is 6.61 Å². The number of unbranched alkanes of at least 4 members (excludes halogenated alkanes) is 1. The molecule has 0 saturated heterocycles. The Labute approximate surface area is 174 Å². The molecule has 0 unspecified atom stereocenters. The minimum Gasteiger partial charge on any atom is -0.494 e. The van der Waals surface area contributed by atoms with Gasteiger partial charge in [-0.3, -0.25) is 9.59 Å². The molecule has 0 fully saturated rings. The lowest BCUT2D eigenvalue weighted by Gasteiger charge is -2.07. The summed E-state index contributed by atoms with van der Waals surface area (Å²) in [7, 11) is 0. The van der Waals surface area contributed by atoms with Crippen LogP contribution in [0.5, 0.6) is 5.75 Å². The fraction of sp³-hybridized carbons (Fsp3) is 0.273. The van der Waals surface area contributed by atoms with E-state index in [0.717, 1.165) is 18.4 Å². The first-order chi connectivity index (χ1) is 14.7. The van der Waals surface area contributed by atoms with E-state index in [4.69, 9.17) is 13.9 Å². The number of aromatic nitrogens is 2. The fourth-order valence-corrected chi connectivity index (χ4v) is 2.49. The second-order valence-electron chi connectivity index (χ2n) is 6.44. The molecule has 30 heavy (non-hydrogen) atoms. The van der Waals surface area contributed by atoms with Crippen molar-refractivity contribution in [3.05, 3.63) is 66.1 Å². The van der Waals surface area contributed by atoms with Crippen molar-refractivity contribution in [1.82, 2.24) is 15.5 Å². The molecule has 0 aliphatic rings. The summed E-state index contributed by atoms with van der Waals surface area (Å²) in [5, 5.41) is 10.3. The first-order valence-electron chi connectivity index (χ1n) is 9.70. The van der Waals surface area contributed by atoms with Crippen molar-refractivity contribution in [2.24, 2.45) is 0 Å². The summed E-state index contributed by atoms with van der Waals surface area (Å²) in [5.41, 5.74) is 1.20. The van der Waals surface area contributed by atoms with Gasteiger partial charge in [0.1, 0.15) is 12.3 Å². The zero-order valence-electron chi connectivity index (χ0n) is 16.7. The average Bonchev–Trinajstić information content (AvgIpc) is 3.26. The Hall–Kier alpha value is -3.68. The van der Waals surface area contributed by atoms with Gasteiger partial charge in [-0.05, 0) is 42.8 Å². The third-order valence-corrected chi connectivity index (χ3v) is 4.12. The van der Waals surface area contributed by atoms with Gasteiger partial charge in [0.15, 0.2) is 6.61 Å². The number of ether oxygens (including phenoxy) is 2. The zero-order valence-corrected chi connectivity index (χ0v) is 16.7. The number of hydrogen-bond donors (Lipinski definition) is 1. The summed E-state index contributed by atoms with van der Waals surface area (Å²) >= 11 is 0. The molecule has 1 aromatic heterocycles. The van der Waals surface area contributed by atoms with Crippen molar-refractivity contribution in [1.29, 1.82) is 0 Å². The van der Waals surface area contributed by atoms with E-state index in [9.17, 15) is 9.59 Å². The van der Waals surface area contributed by atoms with Crippen LogP contribution in [-0.2, 0) is 16.1 Å². The normalized spacial score (nSPS) is 10.4. The van der Waals surface area contributed by atoms with E-state index in [1.165, 1.54) is 0 Å². The Bertz CT molecular complexity index is 954. The van der Waals surface area contributed by atoms with Crippen molar-refractivity contribution in [3.8, 4) is 17.2 Å². The van der Waals surface area contributed by atoms with Crippen LogP contribution < -0.4 is 10.1 Å². The number of nitrogens with zero attached hydrogens (tertiary/aromatic N) is 2. The number of rotatable bonds is 10. The van der Waals surface area contributed by atoms with Crippen molar-refractivity contribution in [2.75, 3.05) is 13.2 Å². The van der Waals surface area contributed by atoms with Crippen molar-refractivity contribution in [3.63, 3.8) is 0 Å². The zero-order chi connectivity index (χ0) is 21.2. The molecule has 0 atom stereocenters. The Balaban J connectivity index is 1.41. The fourth-order valence-electron chi connectivity index (χ4n) is 2.49. The lowest BCUT2D eigenvalue weighted by atomic mass is 10.2. The molecule has 0 bridgehead atoms. The Morgan fingerprint density at radius 2 is 1.80 bits per heavy atom. The highest BCUT2D eigenvalue weighted by Gasteiger charge is 2.12. The molecule has 0 spiro atoms. The summed E-state index contributed by atoms with van der Waals surface area (Å²) in [6.07, 6.45) is 2.03. The molecule has 1 amide bonds. The van der Waals surface area contributed by atoms with Crippen molar-refractivity contribution < 1.29 is 23.5 Å². The molecular weight excluding hydrogens is 386 g/mol. The van der Waals surface area contributed by atoms with Gasteiger partial charge < -0.3 is 19.2 Å². The maximum Gasteiger partial charge on any atom is 0.325 e. The quantitative estimate of drug-likeness (QED) is 0.404. The summed E-state index contributed by atoms with van der Waals surface area (Å²) in [4.78, 5) is 24.0. The van der Waals surface area contributed by atoms with E-state index in [-0.39, 0.29) is 24.9 Å². The van der Waals surface area contributed by atoms with Gasteiger partial charge in [0.2, 0.25) is 5.89 Å². The third kappa shape index (κ3) is 6.16. The summed E-state index contributed by atoms with van der Waals surface area (Å²) < 4.78 is 16.1. The van der Waals surface area contributed by atoms with Crippen LogP contribution in [-0.4, -0.2) is 35.2 Å². The molecule has 0 radical (unpaired) electrons. The number of carbonyl (C=O) groups excluding carboxylic acids is 2. The average molecular weight is 409 g/mol. The van der Waals surface area contributed by atoms with Gasteiger partial charge in [0.25, 0.3) is 11.8 Å². The highest BCUT2D eigenvalue weighted by Crippen LogP contribution is 2.17. The SMILES string of the molecule is CCCCOc1ccc(C(=O)NCC(=O)OCc2nnc(-c3ccccc3)o2)cc1. The summed E-state index contributed by atoms with van der Waals surface area (Å²) in [6, 6.07) is 16.0. The highest BCUT2D eigenvalue weighted by molar-refractivity contribution is 5.96. The topological polar surface area (TPSA) is 104 Å². The van der Waals surface area contributed by atoms with Crippen LogP contribution in [0.15, 0.2) is 59.0 Å². The summed E-state index contributed by atoms with van der Waals surface area (Å²) in [5.74, 6) is 0.233. The molecule has 0 saturated carbocycles. The standard InChI is InChI=1S/C22H23N3O5/c1-2-3-13-28-18-11-9-16(10-12-18)21(27)23-14-20(26)29-15-19-24-25-22(30-19)17-7-5-4-6-8-17/h4-12H,2-3,13-15H2,1H3,(H,23,27). The van der Waals surface area contributed by atoms with Gasteiger partial charge in [0, 0.05) is 11.1 Å². The Morgan fingerprint density at radius 3 is 2.53 bits per heavy atom. The minimum atomic E-state index is -0.609. The van der Waals surface area contributed by atoms with E-state index in [0.29, 0.717) is 23.8 Å². The number of nitrogens with one attached hydrogen (secondary N) is 1. The van der Waals surface area contributed by atoms with E-state index in [1.54, 1.807) is 24.3 Å². The maximum absolute atomic E-state index is 12.2. The first kappa shape index (κ1) is 21.0. The van der Waals surface area contributed by atoms with E-state index >= 15 is 0 Å². The van der Waals surface area contributed by atoms with E-state index < -0.39 is 5.97 Å².